The molecule has 70 valence electrons. The van der Waals surface area contributed by atoms with Crippen molar-refractivity contribution in [2.24, 2.45) is 5.92 Å². The van der Waals surface area contributed by atoms with Crippen LogP contribution in [0.25, 0.3) is 0 Å². The molecule has 2 aliphatic heterocycles. The minimum Gasteiger partial charge on any atom is -0.303 e. The van der Waals surface area contributed by atoms with Gasteiger partial charge in [-0.3, -0.25) is 0 Å². The Morgan fingerprint density at radius 2 is 1.92 bits per heavy atom. The highest BCUT2D eigenvalue weighted by Gasteiger charge is 2.40. The van der Waals surface area contributed by atoms with Crippen LogP contribution < -0.4 is 5.32 Å². The van der Waals surface area contributed by atoms with Gasteiger partial charge in [-0.2, -0.15) is 0 Å². The van der Waals surface area contributed by atoms with Crippen LogP contribution in [0, 0.1) is 5.92 Å². The van der Waals surface area contributed by atoms with Gasteiger partial charge in [0.15, 0.2) is 0 Å². The molecular weight excluding hydrogens is 182 g/mol. The summed E-state index contributed by atoms with van der Waals surface area (Å²) in [6, 6.07) is 10.1. The highest BCUT2D eigenvalue weighted by molar-refractivity contribution is 5.85. The minimum absolute atomic E-state index is 0. The van der Waals surface area contributed by atoms with E-state index in [1.807, 2.05) is 0 Å². The number of halogens is 1. The number of benzene rings is 1. The molecule has 2 aliphatic rings. The number of fused-ring (bicyclic) bond motifs is 5. The van der Waals surface area contributed by atoms with E-state index in [2.05, 4.69) is 36.5 Å². The van der Waals surface area contributed by atoms with Gasteiger partial charge >= 0.3 is 0 Å². The number of hydrogen-bond donors (Lipinski definition) is 1. The first-order valence-electron chi connectivity index (χ1n) is 4.71. The predicted octanol–water partition coefficient (Wildman–Crippen LogP) is 2.83. The van der Waals surface area contributed by atoms with Crippen LogP contribution in [0.15, 0.2) is 24.3 Å². The van der Waals surface area contributed by atoms with Crippen molar-refractivity contribution in [3.8, 4) is 0 Å². The Balaban J connectivity index is 0.000000653. The average molecular weight is 196 g/mol. The molecule has 0 saturated carbocycles. The lowest BCUT2D eigenvalue weighted by molar-refractivity contribution is 0.502. The van der Waals surface area contributed by atoms with E-state index < -0.39 is 0 Å². The Hall–Kier alpha value is -0.530. The third kappa shape index (κ3) is 1.11. The largest absolute Gasteiger partial charge is 0.303 e. The summed E-state index contributed by atoms with van der Waals surface area (Å²) >= 11 is 0. The zero-order chi connectivity index (χ0) is 8.13. The SMILES string of the molecule is CC1CC2NC1c1ccccc12.Cl. The second kappa shape index (κ2) is 3.00. The number of hydrogen-bond acceptors (Lipinski definition) is 1. The summed E-state index contributed by atoms with van der Waals surface area (Å²) in [5, 5.41) is 3.64. The second-order valence-electron chi connectivity index (χ2n) is 4.04. The first kappa shape index (κ1) is 9.04. The van der Waals surface area contributed by atoms with Gasteiger partial charge in [0.25, 0.3) is 0 Å². The fraction of sp³-hybridized carbons (Fsp3) is 0.455. The molecule has 1 fully saturated rings. The number of nitrogens with one attached hydrogen (secondary N) is 1. The highest BCUT2D eigenvalue weighted by atomic mass is 35.5. The Labute approximate surface area is 84.9 Å². The normalized spacial score (nSPS) is 34.1. The van der Waals surface area contributed by atoms with Crippen molar-refractivity contribution in [3.05, 3.63) is 35.4 Å². The maximum Gasteiger partial charge on any atom is 0.0355 e. The van der Waals surface area contributed by atoms with Crippen molar-refractivity contribution in [2.45, 2.75) is 25.4 Å². The van der Waals surface area contributed by atoms with E-state index in [4.69, 9.17) is 0 Å². The van der Waals surface area contributed by atoms with E-state index in [1.165, 1.54) is 6.42 Å². The lowest BCUT2D eigenvalue weighted by Gasteiger charge is -2.18. The van der Waals surface area contributed by atoms with E-state index >= 15 is 0 Å². The third-order valence-electron chi connectivity index (χ3n) is 3.26. The maximum atomic E-state index is 3.64. The van der Waals surface area contributed by atoms with Gasteiger partial charge in [-0.1, -0.05) is 31.2 Å². The zero-order valence-electron chi connectivity index (χ0n) is 7.66. The van der Waals surface area contributed by atoms with Gasteiger partial charge in [0, 0.05) is 12.1 Å². The first-order valence-corrected chi connectivity index (χ1v) is 4.71. The fourth-order valence-electron chi connectivity index (χ4n) is 2.68. The van der Waals surface area contributed by atoms with Crippen LogP contribution in [-0.2, 0) is 0 Å². The summed E-state index contributed by atoms with van der Waals surface area (Å²) in [7, 11) is 0. The molecule has 1 aromatic rings. The summed E-state index contributed by atoms with van der Waals surface area (Å²) in [5.74, 6) is 0.824. The van der Waals surface area contributed by atoms with Crippen LogP contribution in [0.3, 0.4) is 0 Å². The lowest BCUT2D eigenvalue weighted by Crippen LogP contribution is -2.10. The Morgan fingerprint density at radius 1 is 1.23 bits per heavy atom. The van der Waals surface area contributed by atoms with Gasteiger partial charge in [-0.15, -0.1) is 12.4 Å². The van der Waals surface area contributed by atoms with E-state index in [0.717, 1.165) is 5.92 Å². The Bertz CT molecular complexity index is 324. The molecule has 2 heteroatoms. The molecule has 0 aromatic heterocycles. The fourth-order valence-corrected chi connectivity index (χ4v) is 2.68. The monoisotopic (exact) mass is 195 g/mol. The van der Waals surface area contributed by atoms with Crippen molar-refractivity contribution in [1.29, 1.82) is 0 Å². The van der Waals surface area contributed by atoms with Gasteiger partial charge in [0.2, 0.25) is 0 Å². The molecule has 3 rings (SSSR count). The third-order valence-corrected chi connectivity index (χ3v) is 3.26. The van der Waals surface area contributed by atoms with Crippen molar-refractivity contribution in [1.82, 2.24) is 5.32 Å². The summed E-state index contributed by atoms with van der Waals surface area (Å²) < 4.78 is 0. The smallest absolute Gasteiger partial charge is 0.0355 e. The summed E-state index contributed by atoms with van der Waals surface area (Å²) in [4.78, 5) is 0. The molecule has 1 saturated heterocycles. The molecule has 2 heterocycles. The molecule has 2 bridgehead atoms. The topological polar surface area (TPSA) is 12.0 Å². The van der Waals surface area contributed by atoms with Crippen molar-refractivity contribution >= 4 is 12.4 Å². The molecule has 0 spiro atoms. The van der Waals surface area contributed by atoms with E-state index in [1.54, 1.807) is 11.1 Å². The van der Waals surface area contributed by atoms with Crippen LogP contribution in [0.4, 0.5) is 0 Å². The molecule has 1 N–H and O–H groups in total. The van der Waals surface area contributed by atoms with Crippen LogP contribution in [0.1, 0.15) is 36.6 Å². The molecule has 13 heavy (non-hydrogen) atoms. The molecule has 3 unspecified atom stereocenters. The van der Waals surface area contributed by atoms with Crippen LogP contribution >= 0.6 is 12.4 Å². The predicted molar refractivity (Wildman–Crippen MR) is 56.1 cm³/mol. The minimum atomic E-state index is 0. The molecular formula is C11H14ClN. The lowest BCUT2D eigenvalue weighted by atomic mass is 9.85. The van der Waals surface area contributed by atoms with Gasteiger partial charge < -0.3 is 5.32 Å². The Kier molecular flexibility index (Phi) is 2.09. The zero-order valence-corrected chi connectivity index (χ0v) is 8.47. The van der Waals surface area contributed by atoms with E-state index in [9.17, 15) is 0 Å². The number of rotatable bonds is 0. The van der Waals surface area contributed by atoms with Gasteiger partial charge in [0.05, 0.1) is 0 Å². The molecule has 3 atom stereocenters. The van der Waals surface area contributed by atoms with Crippen molar-refractivity contribution in [2.75, 3.05) is 0 Å². The van der Waals surface area contributed by atoms with Crippen LogP contribution in [0.2, 0.25) is 0 Å². The first-order chi connectivity index (χ1) is 5.86. The molecule has 0 aliphatic carbocycles. The highest BCUT2D eigenvalue weighted by Crippen LogP contribution is 2.47. The quantitative estimate of drug-likeness (QED) is 0.672. The maximum absolute atomic E-state index is 3.64. The molecule has 0 amide bonds. The summed E-state index contributed by atoms with van der Waals surface area (Å²) in [6.45, 7) is 2.34. The van der Waals surface area contributed by atoms with Crippen LogP contribution in [-0.4, -0.2) is 0 Å². The van der Waals surface area contributed by atoms with Crippen LogP contribution in [0.5, 0.6) is 0 Å². The van der Waals surface area contributed by atoms with Crippen molar-refractivity contribution < 1.29 is 0 Å². The Morgan fingerprint density at radius 3 is 2.69 bits per heavy atom. The summed E-state index contributed by atoms with van der Waals surface area (Å²) in [6.07, 6.45) is 1.32. The van der Waals surface area contributed by atoms with Gasteiger partial charge in [-0.25, -0.2) is 0 Å². The van der Waals surface area contributed by atoms with Gasteiger partial charge in [0.1, 0.15) is 0 Å². The van der Waals surface area contributed by atoms with E-state index in [-0.39, 0.29) is 12.4 Å². The van der Waals surface area contributed by atoms with Crippen molar-refractivity contribution in [3.63, 3.8) is 0 Å². The molecule has 0 radical (unpaired) electrons. The standard InChI is InChI=1S/C11H13N.ClH/c1-7-6-10-8-4-2-3-5-9(8)11(7)12-10;/h2-5,7,10-12H,6H2,1H3;1H. The van der Waals surface area contributed by atoms with Gasteiger partial charge in [-0.05, 0) is 23.5 Å². The van der Waals surface area contributed by atoms with E-state index in [0.29, 0.717) is 12.1 Å². The molecule has 1 nitrogen and oxygen atoms in total. The molecule has 1 aromatic carbocycles. The average Bonchev–Trinajstić information content (AvgIpc) is 2.62. The second-order valence-corrected chi connectivity index (χ2v) is 4.04. The summed E-state index contributed by atoms with van der Waals surface area (Å²) in [5.41, 5.74) is 3.09.